The molecule has 1 aromatic heterocycles. The smallest absolute Gasteiger partial charge is 0.317 e. The number of carbonyl (C=O) groups is 1. The van der Waals surface area contributed by atoms with Gasteiger partial charge in [0.1, 0.15) is 5.76 Å². The predicted molar refractivity (Wildman–Crippen MR) is 91.5 cm³/mol. The van der Waals surface area contributed by atoms with Crippen LogP contribution in [0.3, 0.4) is 0 Å². The van der Waals surface area contributed by atoms with Gasteiger partial charge in [-0.05, 0) is 19.4 Å². The van der Waals surface area contributed by atoms with Crippen molar-refractivity contribution in [2.24, 2.45) is 0 Å². The number of carbonyl (C=O) groups excluding carboxylic acids is 1. The van der Waals surface area contributed by atoms with Gasteiger partial charge in [-0.25, -0.2) is 4.79 Å². The zero-order chi connectivity index (χ0) is 16.9. The molecular formula is C18H24N4O2. The summed E-state index contributed by atoms with van der Waals surface area (Å²) in [7, 11) is 0. The summed E-state index contributed by atoms with van der Waals surface area (Å²) in [4.78, 5) is 16.5. The predicted octanol–water partition coefficient (Wildman–Crippen LogP) is 2.32. The molecule has 6 nitrogen and oxygen atoms in total. The maximum atomic E-state index is 12.3. The number of aromatic nitrogens is 1. The summed E-state index contributed by atoms with van der Waals surface area (Å²) in [6, 6.07) is 9.98. The standard InChI is InChI=1S/C18H24N4O2/c1-14-17(15(2)24-20-14)13-21-8-10-22(11-9-21)18(23)19-12-16-6-4-3-5-7-16/h3-7H,8-13H2,1-2H3,(H,19,23). The molecule has 1 aliphatic rings. The number of nitrogens with one attached hydrogen (secondary N) is 1. The summed E-state index contributed by atoms with van der Waals surface area (Å²) in [5.41, 5.74) is 3.23. The maximum Gasteiger partial charge on any atom is 0.317 e. The zero-order valence-electron chi connectivity index (χ0n) is 14.3. The summed E-state index contributed by atoms with van der Waals surface area (Å²) >= 11 is 0. The van der Waals surface area contributed by atoms with Gasteiger partial charge in [-0.1, -0.05) is 35.5 Å². The first-order valence-corrected chi connectivity index (χ1v) is 8.34. The minimum absolute atomic E-state index is 0.0100. The van der Waals surface area contributed by atoms with Crippen LogP contribution in [0, 0.1) is 13.8 Å². The van der Waals surface area contributed by atoms with Crippen molar-refractivity contribution < 1.29 is 9.32 Å². The molecule has 128 valence electrons. The molecule has 0 radical (unpaired) electrons. The minimum Gasteiger partial charge on any atom is -0.361 e. The normalized spacial score (nSPS) is 15.5. The fourth-order valence-electron chi connectivity index (χ4n) is 2.95. The molecule has 0 unspecified atom stereocenters. The third-order valence-corrected chi connectivity index (χ3v) is 4.51. The fourth-order valence-corrected chi connectivity index (χ4v) is 2.95. The van der Waals surface area contributed by atoms with Crippen molar-refractivity contribution >= 4 is 6.03 Å². The van der Waals surface area contributed by atoms with E-state index in [-0.39, 0.29) is 6.03 Å². The second kappa shape index (κ2) is 7.49. The number of amides is 2. The Bertz CT molecular complexity index is 656. The Morgan fingerprint density at radius 1 is 1.17 bits per heavy atom. The molecule has 1 aromatic carbocycles. The van der Waals surface area contributed by atoms with Crippen LogP contribution in [0.4, 0.5) is 4.79 Å². The molecule has 1 N–H and O–H groups in total. The van der Waals surface area contributed by atoms with E-state index in [1.165, 1.54) is 0 Å². The summed E-state index contributed by atoms with van der Waals surface area (Å²) in [5, 5.41) is 6.99. The van der Waals surface area contributed by atoms with Gasteiger partial charge < -0.3 is 14.7 Å². The molecule has 0 bridgehead atoms. The lowest BCUT2D eigenvalue weighted by Crippen LogP contribution is -2.51. The Kier molecular flexibility index (Phi) is 5.15. The van der Waals surface area contributed by atoms with Crippen LogP contribution in [0.5, 0.6) is 0 Å². The number of urea groups is 1. The van der Waals surface area contributed by atoms with Crippen LogP contribution in [-0.2, 0) is 13.1 Å². The number of hydrogen-bond acceptors (Lipinski definition) is 4. The van der Waals surface area contributed by atoms with Crippen LogP contribution in [0.15, 0.2) is 34.9 Å². The fraction of sp³-hybridized carbons (Fsp3) is 0.444. The molecule has 0 aliphatic carbocycles. The van der Waals surface area contributed by atoms with Crippen LogP contribution in [0.1, 0.15) is 22.6 Å². The highest BCUT2D eigenvalue weighted by molar-refractivity contribution is 5.74. The van der Waals surface area contributed by atoms with Crippen molar-refractivity contribution in [2.75, 3.05) is 26.2 Å². The summed E-state index contributed by atoms with van der Waals surface area (Å²) < 4.78 is 5.22. The Balaban J connectivity index is 1.45. The second-order valence-electron chi connectivity index (χ2n) is 6.21. The van der Waals surface area contributed by atoms with Crippen molar-refractivity contribution in [3.63, 3.8) is 0 Å². The van der Waals surface area contributed by atoms with E-state index in [0.717, 1.165) is 55.3 Å². The van der Waals surface area contributed by atoms with Gasteiger partial charge in [0, 0.05) is 44.8 Å². The van der Waals surface area contributed by atoms with Crippen LogP contribution >= 0.6 is 0 Å². The highest BCUT2D eigenvalue weighted by Crippen LogP contribution is 2.16. The Morgan fingerprint density at radius 2 is 1.88 bits per heavy atom. The van der Waals surface area contributed by atoms with Crippen molar-refractivity contribution in [1.82, 2.24) is 20.3 Å². The van der Waals surface area contributed by atoms with Crippen molar-refractivity contribution in [3.8, 4) is 0 Å². The quantitative estimate of drug-likeness (QED) is 0.936. The van der Waals surface area contributed by atoms with E-state index >= 15 is 0 Å². The third-order valence-electron chi connectivity index (χ3n) is 4.51. The van der Waals surface area contributed by atoms with Gasteiger partial charge in [-0.3, -0.25) is 4.90 Å². The Morgan fingerprint density at radius 3 is 2.50 bits per heavy atom. The molecule has 2 amide bonds. The van der Waals surface area contributed by atoms with E-state index in [4.69, 9.17) is 4.52 Å². The average Bonchev–Trinajstić information content (AvgIpc) is 2.93. The SMILES string of the molecule is Cc1noc(C)c1CN1CCN(C(=O)NCc2ccccc2)CC1. The van der Waals surface area contributed by atoms with Gasteiger partial charge in [0.05, 0.1) is 5.69 Å². The lowest BCUT2D eigenvalue weighted by molar-refractivity contribution is 0.134. The Labute approximate surface area is 142 Å². The molecule has 1 aliphatic heterocycles. The molecule has 3 rings (SSSR count). The van der Waals surface area contributed by atoms with Gasteiger partial charge in [-0.2, -0.15) is 0 Å². The average molecular weight is 328 g/mol. The maximum absolute atomic E-state index is 12.3. The van der Waals surface area contributed by atoms with Gasteiger partial charge in [0.2, 0.25) is 0 Å². The molecule has 0 atom stereocenters. The number of aryl methyl sites for hydroxylation is 2. The highest BCUT2D eigenvalue weighted by Gasteiger charge is 2.22. The molecule has 2 heterocycles. The molecule has 6 heteroatoms. The first kappa shape index (κ1) is 16.5. The molecule has 0 saturated carbocycles. The largest absolute Gasteiger partial charge is 0.361 e. The molecule has 24 heavy (non-hydrogen) atoms. The second-order valence-corrected chi connectivity index (χ2v) is 6.21. The molecule has 1 saturated heterocycles. The first-order valence-electron chi connectivity index (χ1n) is 8.34. The summed E-state index contributed by atoms with van der Waals surface area (Å²) in [6.45, 7) is 8.53. The number of nitrogens with zero attached hydrogens (tertiary/aromatic N) is 3. The third kappa shape index (κ3) is 3.94. The van der Waals surface area contributed by atoms with Crippen molar-refractivity contribution in [1.29, 1.82) is 0 Å². The molecule has 0 spiro atoms. The monoisotopic (exact) mass is 328 g/mol. The minimum atomic E-state index is 0.0100. The van der Waals surface area contributed by atoms with E-state index in [1.807, 2.05) is 49.1 Å². The molecule has 2 aromatic rings. The van der Waals surface area contributed by atoms with E-state index < -0.39 is 0 Å². The van der Waals surface area contributed by atoms with Crippen molar-refractivity contribution in [3.05, 3.63) is 52.9 Å². The summed E-state index contributed by atoms with van der Waals surface area (Å²) in [5.74, 6) is 0.885. The summed E-state index contributed by atoms with van der Waals surface area (Å²) in [6.07, 6.45) is 0. The number of hydrogen-bond donors (Lipinski definition) is 1. The van der Waals surface area contributed by atoms with E-state index in [1.54, 1.807) is 0 Å². The lowest BCUT2D eigenvalue weighted by Gasteiger charge is -2.34. The van der Waals surface area contributed by atoms with Crippen molar-refractivity contribution in [2.45, 2.75) is 26.9 Å². The van der Waals surface area contributed by atoms with Crippen LogP contribution in [0.25, 0.3) is 0 Å². The molecular weight excluding hydrogens is 304 g/mol. The number of rotatable bonds is 4. The Hall–Kier alpha value is -2.34. The van der Waals surface area contributed by atoms with Crippen LogP contribution < -0.4 is 5.32 Å². The first-order chi connectivity index (χ1) is 11.6. The number of piperazine rings is 1. The molecule has 1 fully saturated rings. The lowest BCUT2D eigenvalue weighted by atomic mass is 10.2. The van der Waals surface area contributed by atoms with Gasteiger partial charge in [0.15, 0.2) is 0 Å². The van der Waals surface area contributed by atoms with E-state index in [2.05, 4.69) is 15.4 Å². The van der Waals surface area contributed by atoms with E-state index in [0.29, 0.717) is 6.54 Å². The van der Waals surface area contributed by atoms with Gasteiger partial charge in [0.25, 0.3) is 0 Å². The number of benzene rings is 1. The zero-order valence-corrected chi connectivity index (χ0v) is 14.3. The van der Waals surface area contributed by atoms with E-state index in [9.17, 15) is 4.79 Å². The van der Waals surface area contributed by atoms with Crippen LogP contribution in [-0.4, -0.2) is 47.2 Å². The van der Waals surface area contributed by atoms with Gasteiger partial charge in [-0.15, -0.1) is 0 Å². The highest BCUT2D eigenvalue weighted by atomic mass is 16.5. The van der Waals surface area contributed by atoms with Crippen LogP contribution in [0.2, 0.25) is 0 Å². The topological polar surface area (TPSA) is 61.6 Å². The van der Waals surface area contributed by atoms with Gasteiger partial charge >= 0.3 is 6.03 Å².